The van der Waals surface area contributed by atoms with Crippen molar-refractivity contribution in [2.45, 2.75) is 52.4 Å². The van der Waals surface area contributed by atoms with Crippen molar-refractivity contribution in [2.75, 3.05) is 0 Å². The van der Waals surface area contributed by atoms with Gasteiger partial charge < -0.3 is 4.79 Å². The lowest BCUT2D eigenvalue weighted by atomic mass is 9.72. The van der Waals surface area contributed by atoms with Gasteiger partial charge in [-0.15, -0.1) is 0 Å². The summed E-state index contributed by atoms with van der Waals surface area (Å²) in [7, 11) is 0. The van der Waals surface area contributed by atoms with E-state index in [1.807, 2.05) is 0 Å². The van der Waals surface area contributed by atoms with Crippen LogP contribution in [0, 0.1) is 17.8 Å². The molecule has 0 N–H and O–H groups in total. The van der Waals surface area contributed by atoms with E-state index in [1.165, 1.54) is 38.5 Å². The molecule has 0 aromatic heterocycles. The van der Waals surface area contributed by atoms with Crippen molar-refractivity contribution in [1.82, 2.24) is 0 Å². The maximum Gasteiger partial charge on any atom is 0.123 e. The molecule has 0 heterocycles. The lowest BCUT2D eigenvalue weighted by Gasteiger charge is -2.33. The molecule has 1 nitrogen and oxygen atoms in total. The Hall–Kier alpha value is -0.330. The van der Waals surface area contributed by atoms with Gasteiger partial charge in [-0.1, -0.05) is 46.0 Å². The molecule has 76 valence electrons. The number of carbonyl (C=O) groups excluding carboxylic acids is 1. The third kappa shape index (κ3) is 2.82. The third-order valence-electron chi connectivity index (χ3n) is 3.52. The summed E-state index contributed by atoms with van der Waals surface area (Å²) in [6.07, 6.45) is 9.10. The fourth-order valence-electron chi connectivity index (χ4n) is 2.76. The first-order valence-electron chi connectivity index (χ1n) is 5.74. The Labute approximate surface area is 81.9 Å². The maximum absolute atomic E-state index is 10.8. The van der Waals surface area contributed by atoms with Gasteiger partial charge in [-0.2, -0.15) is 0 Å². The highest BCUT2D eigenvalue weighted by atomic mass is 16.1. The highest BCUT2D eigenvalue weighted by Crippen LogP contribution is 2.36. The van der Waals surface area contributed by atoms with Crippen molar-refractivity contribution in [1.29, 1.82) is 0 Å². The van der Waals surface area contributed by atoms with Crippen LogP contribution in [0.25, 0.3) is 0 Å². The van der Waals surface area contributed by atoms with Gasteiger partial charge in [0.25, 0.3) is 0 Å². The molecular weight excluding hydrogens is 160 g/mol. The van der Waals surface area contributed by atoms with E-state index < -0.39 is 0 Å². The van der Waals surface area contributed by atoms with Gasteiger partial charge in [0.2, 0.25) is 0 Å². The molecule has 0 amide bonds. The van der Waals surface area contributed by atoms with Crippen LogP contribution < -0.4 is 0 Å². The Morgan fingerprint density at radius 2 is 2.08 bits per heavy atom. The minimum absolute atomic E-state index is 0.289. The fourth-order valence-corrected chi connectivity index (χ4v) is 2.76. The van der Waals surface area contributed by atoms with E-state index in [0.29, 0.717) is 5.92 Å². The SMILES string of the molecule is CCCC1CCCCC1C(C)C=O. The molecule has 1 rings (SSSR count). The number of rotatable bonds is 4. The van der Waals surface area contributed by atoms with Crippen LogP contribution in [0.4, 0.5) is 0 Å². The second kappa shape index (κ2) is 5.41. The molecule has 1 aliphatic carbocycles. The zero-order chi connectivity index (χ0) is 9.68. The third-order valence-corrected chi connectivity index (χ3v) is 3.52. The molecule has 1 heteroatoms. The summed E-state index contributed by atoms with van der Waals surface area (Å²) in [6, 6.07) is 0. The summed E-state index contributed by atoms with van der Waals surface area (Å²) >= 11 is 0. The van der Waals surface area contributed by atoms with Crippen LogP contribution in [0.3, 0.4) is 0 Å². The number of carbonyl (C=O) groups is 1. The molecule has 0 aliphatic heterocycles. The predicted molar refractivity (Wildman–Crippen MR) is 55.6 cm³/mol. The average molecular weight is 182 g/mol. The number of hydrogen-bond donors (Lipinski definition) is 0. The van der Waals surface area contributed by atoms with E-state index in [9.17, 15) is 4.79 Å². The highest BCUT2D eigenvalue weighted by molar-refractivity contribution is 5.53. The van der Waals surface area contributed by atoms with Gasteiger partial charge in [0.1, 0.15) is 6.29 Å². The fraction of sp³-hybridized carbons (Fsp3) is 0.917. The molecule has 0 saturated heterocycles. The molecule has 0 bridgehead atoms. The molecule has 1 fully saturated rings. The average Bonchev–Trinajstić information content (AvgIpc) is 2.18. The van der Waals surface area contributed by atoms with E-state index in [1.54, 1.807) is 0 Å². The summed E-state index contributed by atoms with van der Waals surface area (Å²) < 4.78 is 0. The first-order valence-corrected chi connectivity index (χ1v) is 5.74. The maximum atomic E-state index is 10.8. The number of hydrogen-bond acceptors (Lipinski definition) is 1. The lowest BCUT2D eigenvalue weighted by molar-refractivity contribution is -0.113. The van der Waals surface area contributed by atoms with Crippen LogP contribution in [0.15, 0.2) is 0 Å². The Kier molecular flexibility index (Phi) is 4.47. The van der Waals surface area contributed by atoms with Crippen molar-refractivity contribution in [3.05, 3.63) is 0 Å². The van der Waals surface area contributed by atoms with Gasteiger partial charge in [0.05, 0.1) is 0 Å². The summed E-state index contributed by atoms with van der Waals surface area (Å²) in [5, 5.41) is 0. The van der Waals surface area contributed by atoms with Crippen molar-refractivity contribution in [3.63, 3.8) is 0 Å². The second-order valence-electron chi connectivity index (χ2n) is 4.49. The standard InChI is InChI=1S/C12H22O/c1-3-6-11-7-4-5-8-12(11)10(2)9-13/h9-12H,3-8H2,1-2H3. The molecule has 1 aliphatic rings. The minimum Gasteiger partial charge on any atom is -0.303 e. The summed E-state index contributed by atoms with van der Waals surface area (Å²) in [5.41, 5.74) is 0. The van der Waals surface area contributed by atoms with Crippen LogP contribution in [-0.2, 0) is 4.79 Å². The van der Waals surface area contributed by atoms with E-state index in [0.717, 1.165) is 12.2 Å². The molecule has 3 unspecified atom stereocenters. The quantitative estimate of drug-likeness (QED) is 0.609. The Morgan fingerprint density at radius 3 is 2.69 bits per heavy atom. The Balaban J connectivity index is 2.50. The smallest absolute Gasteiger partial charge is 0.123 e. The lowest BCUT2D eigenvalue weighted by Crippen LogP contribution is -2.26. The van der Waals surface area contributed by atoms with E-state index in [4.69, 9.17) is 0 Å². The zero-order valence-corrected chi connectivity index (χ0v) is 8.96. The minimum atomic E-state index is 0.289. The topological polar surface area (TPSA) is 17.1 Å². The zero-order valence-electron chi connectivity index (χ0n) is 8.96. The van der Waals surface area contributed by atoms with Crippen molar-refractivity contribution < 1.29 is 4.79 Å². The highest BCUT2D eigenvalue weighted by Gasteiger charge is 2.28. The van der Waals surface area contributed by atoms with Crippen molar-refractivity contribution in [2.24, 2.45) is 17.8 Å². The molecule has 0 radical (unpaired) electrons. The predicted octanol–water partition coefficient (Wildman–Crippen LogP) is 3.43. The van der Waals surface area contributed by atoms with Crippen LogP contribution in [-0.4, -0.2) is 6.29 Å². The van der Waals surface area contributed by atoms with E-state index >= 15 is 0 Å². The van der Waals surface area contributed by atoms with Crippen LogP contribution in [0.1, 0.15) is 52.4 Å². The van der Waals surface area contributed by atoms with Gasteiger partial charge in [-0.05, 0) is 18.3 Å². The van der Waals surface area contributed by atoms with Crippen molar-refractivity contribution >= 4 is 6.29 Å². The normalized spacial score (nSPS) is 31.2. The van der Waals surface area contributed by atoms with Gasteiger partial charge >= 0.3 is 0 Å². The van der Waals surface area contributed by atoms with E-state index in [2.05, 4.69) is 13.8 Å². The monoisotopic (exact) mass is 182 g/mol. The first-order chi connectivity index (χ1) is 6.29. The molecule has 0 aromatic carbocycles. The number of aldehydes is 1. The molecule has 13 heavy (non-hydrogen) atoms. The Morgan fingerprint density at radius 1 is 1.38 bits per heavy atom. The van der Waals surface area contributed by atoms with Gasteiger partial charge in [0.15, 0.2) is 0 Å². The summed E-state index contributed by atoms with van der Waals surface area (Å²) in [4.78, 5) is 10.8. The van der Waals surface area contributed by atoms with E-state index in [-0.39, 0.29) is 5.92 Å². The first kappa shape index (κ1) is 10.7. The van der Waals surface area contributed by atoms with Crippen molar-refractivity contribution in [3.8, 4) is 0 Å². The van der Waals surface area contributed by atoms with Crippen LogP contribution in [0.5, 0.6) is 0 Å². The molecule has 0 aromatic rings. The largest absolute Gasteiger partial charge is 0.303 e. The molecular formula is C12H22O. The van der Waals surface area contributed by atoms with Crippen LogP contribution in [0.2, 0.25) is 0 Å². The van der Waals surface area contributed by atoms with Crippen LogP contribution >= 0.6 is 0 Å². The molecule has 3 atom stereocenters. The van der Waals surface area contributed by atoms with Gasteiger partial charge in [-0.25, -0.2) is 0 Å². The second-order valence-corrected chi connectivity index (χ2v) is 4.49. The Bertz CT molecular complexity index is 151. The molecule has 1 saturated carbocycles. The van der Waals surface area contributed by atoms with Gasteiger partial charge in [-0.3, -0.25) is 0 Å². The molecule has 0 spiro atoms. The summed E-state index contributed by atoms with van der Waals surface area (Å²) in [6.45, 7) is 4.34. The van der Waals surface area contributed by atoms with Gasteiger partial charge in [0, 0.05) is 5.92 Å². The summed E-state index contributed by atoms with van der Waals surface area (Å²) in [5.74, 6) is 1.81.